The number of fused-ring (bicyclic) bond motifs is 1. The largest absolute Gasteiger partial charge is 0.358 e. The lowest BCUT2D eigenvalue weighted by molar-refractivity contribution is 0.160. The molecule has 2 heterocycles. The van der Waals surface area contributed by atoms with Crippen LogP contribution >= 0.6 is 24.8 Å². The van der Waals surface area contributed by atoms with Crippen molar-refractivity contribution in [1.82, 2.24) is 15.2 Å². The molecule has 1 aliphatic rings. The van der Waals surface area contributed by atoms with Gasteiger partial charge in [-0.2, -0.15) is 0 Å². The lowest BCUT2D eigenvalue weighted by Gasteiger charge is -2.36. The first-order chi connectivity index (χ1) is 10.7. The topological polar surface area (TPSA) is 31.1 Å². The van der Waals surface area contributed by atoms with Gasteiger partial charge in [-0.3, -0.25) is 4.90 Å². The molecule has 1 aromatic carbocycles. The number of nitrogens with one attached hydrogen (secondary N) is 2. The number of hydrogen-bond acceptors (Lipinski definition) is 2. The molecule has 2 aromatic rings. The number of aryl methyl sites for hydroxylation is 1. The highest BCUT2D eigenvalue weighted by atomic mass is 35.5. The number of nitrogens with zero attached hydrogens (tertiary/aromatic N) is 1. The first-order valence-electron chi connectivity index (χ1n) is 8.68. The number of aromatic amines is 1. The molecule has 3 rings (SSSR count). The van der Waals surface area contributed by atoms with Gasteiger partial charge in [0.05, 0.1) is 0 Å². The average molecular weight is 372 g/mol. The van der Waals surface area contributed by atoms with Crippen LogP contribution in [0.2, 0.25) is 0 Å². The van der Waals surface area contributed by atoms with E-state index in [-0.39, 0.29) is 24.8 Å². The molecule has 0 saturated carbocycles. The third-order valence-electron chi connectivity index (χ3n) is 4.89. The van der Waals surface area contributed by atoms with Crippen molar-refractivity contribution in [1.29, 1.82) is 0 Å². The van der Waals surface area contributed by atoms with E-state index in [1.54, 1.807) is 0 Å². The zero-order valence-electron chi connectivity index (χ0n) is 15.0. The predicted octanol–water partition coefficient (Wildman–Crippen LogP) is 4.70. The molecular formula is C19H31Cl2N3. The molecule has 24 heavy (non-hydrogen) atoms. The van der Waals surface area contributed by atoms with Crippen LogP contribution in [0, 0.1) is 12.8 Å². The second-order valence-corrected chi connectivity index (χ2v) is 6.98. The molecule has 1 atom stereocenters. The average Bonchev–Trinajstić information content (AvgIpc) is 2.85. The van der Waals surface area contributed by atoms with Gasteiger partial charge in [-0.25, -0.2) is 0 Å². The fourth-order valence-electron chi connectivity index (χ4n) is 3.72. The highest BCUT2D eigenvalue weighted by Gasteiger charge is 2.26. The van der Waals surface area contributed by atoms with Crippen molar-refractivity contribution in [3.63, 3.8) is 0 Å². The Morgan fingerprint density at radius 1 is 1.04 bits per heavy atom. The maximum absolute atomic E-state index is 3.59. The van der Waals surface area contributed by atoms with Crippen LogP contribution in [0.25, 0.3) is 10.9 Å². The number of aromatic nitrogens is 1. The normalized spacial score (nSPS) is 16.7. The molecule has 1 aromatic heterocycles. The third kappa shape index (κ3) is 4.66. The summed E-state index contributed by atoms with van der Waals surface area (Å²) in [6, 6.07) is 9.30. The standard InChI is InChI=1S/C19H29N3.2ClH/c1-14(2)8-9-18(22-12-10-20-11-13-22)19-15(3)21-17-7-5-4-6-16(17)19;;/h4-7,14,18,20-21H,8-13H2,1-3H3;2*1H/t18-;;/m1../s1. The third-order valence-corrected chi connectivity index (χ3v) is 4.89. The van der Waals surface area contributed by atoms with E-state index in [2.05, 4.69) is 60.2 Å². The van der Waals surface area contributed by atoms with E-state index in [0.717, 1.165) is 32.1 Å². The number of para-hydroxylation sites is 1. The van der Waals surface area contributed by atoms with Crippen LogP contribution in [-0.2, 0) is 0 Å². The van der Waals surface area contributed by atoms with Crippen molar-refractivity contribution in [2.24, 2.45) is 5.92 Å². The summed E-state index contributed by atoms with van der Waals surface area (Å²) in [6.45, 7) is 11.4. The highest BCUT2D eigenvalue weighted by molar-refractivity contribution is 5.86. The van der Waals surface area contributed by atoms with E-state index < -0.39 is 0 Å². The Morgan fingerprint density at radius 2 is 1.71 bits per heavy atom. The first kappa shape index (κ1) is 21.3. The molecule has 1 fully saturated rings. The van der Waals surface area contributed by atoms with Crippen LogP contribution < -0.4 is 5.32 Å². The minimum atomic E-state index is 0. The van der Waals surface area contributed by atoms with Crippen LogP contribution in [0.3, 0.4) is 0 Å². The smallest absolute Gasteiger partial charge is 0.0459 e. The van der Waals surface area contributed by atoms with Crippen LogP contribution in [-0.4, -0.2) is 36.1 Å². The van der Waals surface area contributed by atoms with Gasteiger partial charge in [0.1, 0.15) is 0 Å². The molecule has 2 N–H and O–H groups in total. The molecule has 5 heteroatoms. The maximum Gasteiger partial charge on any atom is 0.0459 e. The number of H-pyrrole nitrogens is 1. The lowest BCUT2D eigenvalue weighted by Crippen LogP contribution is -2.45. The molecule has 1 saturated heterocycles. The van der Waals surface area contributed by atoms with Crippen molar-refractivity contribution in [3.05, 3.63) is 35.5 Å². The van der Waals surface area contributed by atoms with Crippen LogP contribution in [0.5, 0.6) is 0 Å². The van der Waals surface area contributed by atoms with Gasteiger partial charge >= 0.3 is 0 Å². The van der Waals surface area contributed by atoms with E-state index in [0.29, 0.717) is 6.04 Å². The number of rotatable bonds is 5. The van der Waals surface area contributed by atoms with E-state index in [1.165, 1.54) is 35.0 Å². The van der Waals surface area contributed by atoms with Gasteiger partial charge in [-0.15, -0.1) is 24.8 Å². The summed E-state index contributed by atoms with van der Waals surface area (Å²) in [5.41, 5.74) is 4.14. The first-order valence-corrected chi connectivity index (χ1v) is 8.68. The molecule has 0 bridgehead atoms. The Morgan fingerprint density at radius 3 is 2.38 bits per heavy atom. The van der Waals surface area contributed by atoms with Gasteiger partial charge in [0.25, 0.3) is 0 Å². The SMILES string of the molecule is Cc1[nH]c2ccccc2c1[C@@H](CCC(C)C)N1CCNCC1.Cl.Cl. The molecule has 0 unspecified atom stereocenters. The van der Waals surface area contributed by atoms with E-state index in [1.807, 2.05) is 0 Å². The predicted molar refractivity (Wildman–Crippen MR) is 109 cm³/mol. The van der Waals surface area contributed by atoms with Crippen molar-refractivity contribution in [2.45, 2.75) is 39.7 Å². The summed E-state index contributed by atoms with van der Waals surface area (Å²) >= 11 is 0. The quantitative estimate of drug-likeness (QED) is 0.797. The monoisotopic (exact) mass is 371 g/mol. The van der Waals surface area contributed by atoms with Crippen molar-refractivity contribution in [2.75, 3.05) is 26.2 Å². The highest BCUT2D eigenvalue weighted by Crippen LogP contribution is 2.35. The molecule has 0 radical (unpaired) electrons. The van der Waals surface area contributed by atoms with Crippen molar-refractivity contribution < 1.29 is 0 Å². The molecule has 0 spiro atoms. The molecule has 0 aliphatic carbocycles. The molecule has 3 nitrogen and oxygen atoms in total. The number of benzene rings is 1. The number of halogens is 2. The van der Waals surface area contributed by atoms with E-state index in [9.17, 15) is 0 Å². The van der Waals surface area contributed by atoms with Crippen LogP contribution in [0.1, 0.15) is 44.0 Å². The van der Waals surface area contributed by atoms with Crippen molar-refractivity contribution >= 4 is 35.7 Å². The summed E-state index contributed by atoms with van der Waals surface area (Å²) < 4.78 is 0. The van der Waals surface area contributed by atoms with E-state index in [4.69, 9.17) is 0 Å². The molecule has 1 aliphatic heterocycles. The maximum atomic E-state index is 3.59. The Kier molecular flexibility index (Phi) is 8.58. The van der Waals surface area contributed by atoms with Gasteiger partial charge in [0, 0.05) is 48.8 Å². The van der Waals surface area contributed by atoms with E-state index >= 15 is 0 Å². The van der Waals surface area contributed by atoms with Gasteiger partial charge in [0.2, 0.25) is 0 Å². The molecular weight excluding hydrogens is 341 g/mol. The Balaban J connectivity index is 0.00000144. The summed E-state index contributed by atoms with van der Waals surface area (Å²) in [5, 5.41) is 4.89. The number of hydrogen-bond donors (Lipinski definition) is 2. The Bertz CT molecular complexity index is 618. The molecule has 0 amide bonds. The summed E-state index contributed by atoms with van der Waals surface area (Å²) in [7, 11) is 0. The van der Waals surface area contributed by atoms with Crippen molar-refractivity contribution in [3.8, 4) is 0 Å². The van der Waals surface area contributed by atoms with Gasteiger partial charge in [-0.05, 0) is 37.3 Å². The summed E-state index contributed by atoms with van der Waals surface area (Å²) in [6.07, 6.45) is 2.54. The Hall–Kier alpha value is -0.740. The summed E-state index contributed by atoms with van der Waals surface area (Å²) in [5.74, 6) is 0.760. The fraction of sp³-hybridized carbons (Fsp3) is 0.579. The van der Waals surface area contributed by atoms with Crippen LogP contribution in [0.4, 0.5) is 0 Å². The summed E-state index contributed by atoms with van der Waals surface area (Å²) in [4.78, 5) is 6.27. The number of piperazine rings is 1. The minimum absolute atomic E-state index is 0. The Labute approximate surface area is 158 Å². The van der Waals surface area contributed by atoms with Gasteiger partial charge in [0.15, 0.2) is 0 Å². The lowest BCUT2D eigenvalue weighted by atomic mass is 9.93. The zero-order valence-corrected chi connectivity index (χ0v) is 16.6. The van der Waals surface area contributed by atoms with Crippen LogP contribution in [0.15, 0.2) is 24.3 Å². The minimum Gasteiger partial charge on any atom is -0.358 e. The fourth-order valence-corrected chi connectivity index (χ4v) is 3.72. The zero-order chi connectivity index (χ0) is 15.5. The second-order valence-electron chi connectivity index (χ2n) is 6.98. The molecule has 136 valence electrons. The van der Waals surface area contributed by atoms with Gasteiger partial charge in [-0.1, -0.05) is 32.0 Å². The van der Waals surface area contributed by atoms with Gasteiger partial charge < -0.3 is 10.3 Å². The second kappa shape index (κ2) is 9.67.